The number of nitrogens with zero attached hydrogens (tertiary/aromatic N) is 2. The summed E-state index contributed by atoms with van der Waals surface area (Å²) in [5.74, 6) is -1.59. The maximum absolute atomic E-state index is 14.5. The average Bonchev–Trinajstić information content (AvgIpc) is 2.86. The Bertz CT molecular complexity index is 1350. The molecule has 1 atom stereocenters. The molecule has 1 N–H and O–H groups in total. The van der Waals surface area contributed by atoms with Crippen LogP contribution < -0.4 is 9.62 Å². The predicted molar refractivity (Wildman–Crippen MR) is 142 cm³/mol. The van der Waals surface area contributed by atoms with Gasteiger partial charge in [-0.25, -0.2) is 12.8 Å². The number of carbonyl (C=O) groups is 2. The molecule has 0 aliphatic heterocycles. The third-order valence-electron chi connectivity index (χ3n) is 5.80. The van der Waals surface area contributed by atoms with Gasteiger partial charge in [0.25, 0.3) is 10.0 Å². The number of anilines is 1. The summed E-state index contributed by atoms with van der Waals surface area (Å²) >= 11 is 0. The summed E-state index contributed by atoms with van der Waals surface area (Å²) in [7, 11) is -4.13. The second-order valence-electron chi connectivity index (χ2n) is 9.12. The predicted octanol–water partition coefficient (Wildman–Crippen LogP) is 4.27. The maximum atomic E-state index is 14.5. The Morgan fingerprint density at radius 2 is 1.57 bits per heavy atom. The Kier molecular flexibility index (Phi) is 9.04. The van der Waals surface area contributed by atoms with Crippen molar-refractivity contribution < 1.29 is 22.4 Å². The summed E-state index contributed by atoms with van der Waals surface area (Å²) in [6.45, 7) is 6.17. The van der Waals surface area contributed by atoms with Gasteiger partial charge in [-0.15, -0.1) is 0 Å². The Hall–Kier alpha value is -3.72. The molecular formula is C28H32FN3O4S. The van der Waals surface area contributed by atoms with Crippen LogP contribution in [0.3, 0.4) is 0 Å². The number of aryl methyl sites for hydroxylation is 1. The van der Waals surface area contributed by atoms with Crippen molar-refractivity contribution in [3.8, 4) is 0 Å². The van der Waals surface area contributed by atoms with Gasteiger partial charge in [0.15, 0.2) is 0 Å². The number of carbonyl (C=O) groups excluding carboxylic acids is 2. The average molecular weight is 526 g/mol. The van der Waals surface area contributed by atoms with E-state index in [2.05, 4.69) is 5.32 Å². The first-order chi connectivity index (χ1) is 17.5. The summed E-state index contributed by atoms with van der Waals surface area (Å²) in [6.07, 6.45) is 0. The van der Waals surface area contributed by atoms with Crippen LogP contribution >= 0.6 is 0 Å². The third-order valence-corrected chi connectivity index (χ3v) is 7.58. The minimum absolute atomic E-state index is 0.0237. The van der Waals surface area contributed by atoms with Crippen LogP contribution in [0.2, 0.25) is 0 Å². The first-order valence-corrected chi connectivity index (χ1v) is 13.4. The largest absolute Gasteiger partial charge is 0.352 e. The van der Waals surface area contributed by atoms with E-state index in [4.69, 9.17) is 0 Å². The highest BCUT2D eigenvalue weighted by Crippen LogP contribution is 2.25. The van der Waals surface area contributed by atoms with Crippen molar-refractivity contribution >= 4 is 27.5 Å². The van der Waals surface area contributed by atoms with Gasteiger partial charge < -0.3 is 10.2 Å². The molecule has 9 heteroatoms. The molecule has 37 heavy (non-hydrogen) atoms. The van der Waals surface area contributed by atoms with Crippen LogP contribution in [-0.2, 0) is 26.2 Å². The number of amides is 2. The number of benzene rings is 3. The van der Waals surface area contributed by atoms with Crippen LogP contribution in [0.5, 0.6) is 0 Å². The van der Waals surface area contributed by atoms with E-state index in [0.29, 0.717) is 5.69 Å². The summed E-state index contributed by atoms with van der Waals surface area (Å²) < 4.78 is 42.9. The number of hydrogen-bond donors (Lipinski definition) is 1. The summed E-state index contributed by atoms with van der Waals surface area (Å²) in [5.41, 5.74) is 1.33. The number of sulfonamides is 1. The quantitative estimate of drug-likeness (QED) is 0.428. The molecule has 0 aliphatic rings. The zero-order valence-electron chi connectivity index (χ0n) is 21.4. The molecule has 3 aromatic rings. The van der Waals surface area contributed by atoms with Crippen LogP contribution in [0.15, 0.2) is 83.8 Å². The molecule has 0 saturated carbocycles. The molecule has 0 saturated heterocycles. The second kappa shape index (κ2) is 12.0. The topological polar surface area (TPSA) is 86.8 Å². The molecule has 0 heterocycles. The van der Waals surface area contributed by atoms with Crippen molar-refractivity contribution in [2.75, 3.05) is 10.8 Å². The summed E-state index contributed by atoms with van der Waals surface area (Å²) in [4.78, 5) is 27.8. The monoisotopic (exact) mass is 525 g/mol. The second-order valence-corrected chi connectivity index (χ2v) is 11.0. The fraction of sp³-hybridized carbons (Fsp3) is 0.286. The number of hydrogen-bond acceptors (Lipinski definition) is 4. The number of nitrogens with one attached hydrogen (secondary N) is 1. The molecule has 0 bridgehead atoms. The molecule has 3 aromatic carbocycles. The minimum atomic E-state index is -4.13. The molecule has 7 nitrogen and oxygen atoms in total. The first-order valence-electron chi connectivity index (χ1n) is 12.0. The molecule has 0 fully saturated rings. The molecule has 0 unspecified atom stereocenters. The van der Waals surface area contributed by atoms with E-state index in [0.717, 1.165) is 9.87 Å². The van der Waals surface area contributed by atoms with E-state index in [1.54, 1.807) is 63.2 Å². The first kappa shape index (κ1) is 27.9. The van der Waals surface area contributed by atoms with Gasteiger partial charge in [0, 0.05) is 18.2 Å². The lowest BCUT2D eigenvalue weighted by molar-refractivity contribution is -0.139. The van der Waals surface area contributed by atoms with Crippen molar-refractivity contribution in [2.24, 2.45) is 0 Å². The molecule has 3 rings (SSSR count). The van der Waals surface area contributed by atoms with Crippen molar-refractivity contribution in [3.05, 3.63) is 95.8 Å². The molecule has 196 valence electrons. The standard InChI is InChI=1S/C28H32FN3O4S/c1-20(2)30-28(34)22(4)31(18-23-12-8-9-16-26(23)29)27(33)19-32(24-13-10-11-21(3)17-24)37(35,36)25-14-6-5-7-15-25/h5-17,20,22H,18-19H2,1-4H3,(H,30,34)/t22-/m0/s1. The van der Waals surface area contributed by atoms with Gasteiger partial charge in [0.1, 0.15) is 18.4 Å². The van der Waals surface area contributed by atoms with Crippen molar-refractivity contribution in [3.63, 3.8) is 0 Å². The molecule has 0 radical (unpaired) electrons. The van der Waals surface area contributed by atoms with Crippen LogP contribution in [0.1, 0.15) is 31.9 Å². The van der Waals surface area contributed by atoms with Gasteiger partial charge in [-0.05, 0) is 63.6 Å². The molecule has 2 amide bonds. The summed E-state index contributed by atoms with van der Waals surface area (Å²) in [6, 6.07) is 19.4. The molecule has 0 aliphatic carbocycles. The van der Waals surface area contributed by atoms with E-state index in [1.807, 2.05) is 13.0 Å². The van der Waals surface area contributed by atoms with E-state index in [9.17, 15) is 22.4 Å². The van der Waals surface area contributed by atoms with Crippen LogP contribution in [0, 0.1) is 12.7 Å². The third kappa shape index (κ3) is 6.95. The van der Waals surface area contributed by atoms with E-state index in [1.165, 1.54) is 35.2 Å². The molecular weight excluding hydrogens is 493 g/mol. The normalized spacial score (nSPS) is 12.2. The van der Waals surface area contributed by atoms with Crippen molar-refractivity contribution in [2.45, 2.75) is 51.2 Å². The Balaban J connectivity index is 2.03. The van der Waals surface area contributed by atoms with Gasteiger partial charge in [0.05, 0.1) is 10.6 Å². The highest BCUT2D eigenvalue weighted by Gasteiger charge is 2.33. The summed E-state index contributed by atoms with van der Waals surface area (Å²) in [5, 5.41) is 2.77. The van der Waals surface area contributed by atoms with E-state index in [-0.39, 0.29) is 23.0 Å². The minimum Gasteiger partial charge on any atom is -0.352 e. The van der Waals surface area contributed by atoms with Gasteiger partial charge in [-0.2, -0.15) is 0 Å². The van der Waals surface area contributed by atoms with E-state index >= 15 is 0 Å². The fourth-order valence-electron chi connectivity index (χ4n) is 3.83. The SMILES string of the molecule is Cc1cccc(N(CC(=O)N(Cc2ccccc2F)[C@@H](C)C(=O)NC(C)C)S(=O)(=O)c2ccccc2)c1. The zero-order chi connectivity index (χ0) is 27.2. The lowest BCUT2D eigenvalue weighted by Gasteiger charge is -2.32. The molecule has 0 aromatic heterocycles. The number of rotatable bonds is 10. The zero-order valence-corrected chi connectivity index (χ0v) is 22.2. The Morgan fingerprint density at radius 1 is 0.919 bits per heavy atom. The van der Waals surface area contributed by atoms with Gasteiger partial charge in [-0.1, -0.05) is 48.5 Å². The Labute approximate surface area is 218 Å². The van der Waals surface area contributed by atoms with Crippen LogP contribution in [0.4, 0.5) is 10.1 Å². The lowest BCUT2D eigenvalue weighted by Crippen LogP contribution is -2.52. The van der Waals surface area contributed by atoms with Crippen molar-refractivity contribution in [1.29, 1.82) is 0 Å². The molecule has 0 spiro atoms. The van der Waals surface area contributed by atoms with Gasteiger partial charge in [-0.3, -0.25) is 13.9 Å². The maximum Gasteiger partial charge on any atom is 0.264 e. The van der Waals surface area contributed by atoms with E-state index < -0.39 is 40.2 Å². The lowest BCUT2D eigenvalue weighted by atomic mass is 10.1. The highest BCUT2D eigenvalue weighted by atomic mass is 32.2. The van der Waals surface area contributed by atoms with Gasteiger partial charge >= 0.3 is 0 Å². The smallest absolute Gasteiger partial charge is 0.264 e. The fourth-order valence-corrected chi connectivity index (χ4v) is 5.26. The van der Waals surface area contributed by atoms with Gasteiger partial charge in [0.2, 0.25) is 11.8 Å². The van der Waals surface area contributed by atoms with Crippen LogP contribution in [-0.4, -0.2) is 43.8 Å². The number of halogens is 1. The van der Waals surface area contributed by atoms with Crippen LogP contribution in [0.25, 0.3) is 0 Å². The Morgan fingerprint density at radius 3 is 2.19 bits per heavy atom. The van der Waals surface area contributed by atoms with Crippen molar-refractivity contribution in [1.82, 2.24) is 10.2 Å². The highest BCUT2D eigenvalue weighted by molar-refractivity contribution is 7.92.